The fourth-order valence-electron chi connectivity index (χ4n) is 1.61. The van der Waals surface area contributed by atoms with Gasteiger partial charge in [-0.3, -0.25) is 4.79 Å². The summed E-state index contributed by atoms with van der Waals surface area (Å²) < 4.78 is 6.15. The lowest BCUT2D eigenvalue weighted by atomic mass is 10.1. The van der Waals surface area contributed by atoms with Crippen LogP contribution in [0.2, 0.25) is 0 Å². The van der Waals surface area contributed by atoms with E-state index in [1.54, 1.807) is 18.2 Å². The predicted octanol–water partition coefficient (Wildman–Crippen LogP) is 2.59. The molecule has 0 aliphatic rings. The van der Waals surface area contributed by atoms with Crippen LogP contribution in [0.5, 0.6) is 5.75 Å². The Kier molecular flexibility index (Phi) is 7.08. The summed E-state index contributed by atoms with van der Waals surface area (Å²) in [5, 5.41) is 11.5. The number of ether oxygens (including phenoxy) is 1. The molecule has 0 bridgehead atoms. The quantitative estimate of drug-likeness (QED) is 0.760. The second-order valence-electron chi connectivity index (χ2n) is 4.35. The molecule has 5 nitrogen and oxygen atoms in total. The van der Waals surface area contributed by atoms with E-state index < -0.39 is 17.9 Å². The third kappa shape index (κ3) is 6.06. The number of carbonyl (C=O) groups is 2. The van der Waals surface area contributed by atoms with E-state index in [1.165, 1.54) is 0 Å². The molecule has 110 valence electrons. The molecule has 0 spiro atoms. The van der Waals surface area contributed by atoms with Crippen molar-refractivity contribution >= 4 is 27.8 Å². The molecule has 0 saturated heterocycles. The van der Waals surface area contributed by atoms with Crippen molar-refractivity contribution in [2.24, 2.45) is 0 Å². The largest absolute Gasteiger partial charge is 0.484 e. The highest BCUT2D eigenvalue weighted by atomic mass is 79.9. The Morgan fingerprint density at radius 2 is 2.20 bits per heavy atom. The molecule has 6 heteroatoms. The number of aliphatic carboxylic acids is 1. The number of benzene rings is 1. The van der Waals surface area contributed by atoms with Crippen molar-refractivity contribution in [2.75, 3.05) is 6.61 Å². The number of carboxylic acid groups (broad SMARTS) is 1. The van der Waals surface area contributed by atoms with Crippen LogP contribution in [0.4, 0.5) is 0 Å². The van der Waals surface area contributed by atoms with E-state index in [2.05, 4.69) is 21.2 Å². The zero-order chi connectivity index (χ0) is 15.0. The number of amides is 1. The van der Waals surface area contributed by atoms with Gasteiger partial charge in [0.05, 0.1) is 0 Å². The highest BCUT2D eigenvalue weighted by Crippen LogP contribution is 2.17. The summed E-state index contributed by atoms with van der Waals surface area (Å²) in [6.07, 6.45) is 2.06. The molecule has 0 aliphatic heterocycles. The highest BCUT2D eigenvalue weighted by Gasteiger charge is 2.19. The number of carbonyl (C=O) groups excluding carboxylic acids is 1. The number of nitrogens with one attached hydrogen (secondary N) is 1. The van der Waals surface area contributed by atoms with Crippen molar-refractivity contribution in [1.82, 2.24) is 5.32 Å². The molecule has 0 radical (unpaired) electrons. The molecule has 1 aromatic rings. The molecule has 0 saturated carbocycles. The normalized spacial score (nSPS) is 11.7. The summed E-state index contributed by atoms with van der Waals surface area (Å²) >= 11 is 3.30. The fraction of sp³-hybridized carbons (Fsp3) is 0.429. The van der Waals surface area contributed by atoms with E-state index in [-0.39, 0.29) is 6.61 Å². The Bertz CT molecular complexity index is 464. The number of hydrogen-bond donors (Lipinski definition) is 2. The van der Waals surface area contributed by atoms with Gasteiger partial charge in [0.15, 0.2) is 6.61 Å². The first-order valence-electron chi connectivity index (χ1n) is 6.43. The Morgan fingerprint density at radius 1 is 1.45 bits per heavy atom. The van der Waals surface area contributed by atoms with Gasteiger partial charge < -0.3 is 15.2 Å². The van der Waals surface area contributed by atoms with Gasteiger partial charge >= 0.3 is 5.97 Å². The number of halogens is 1. The second kappa shape index (κ2) is 8.58. The monoisotopic (exact) mass is 343 g/mol. The second-order valence-corrected chi connectivity index (χ2v) is 5.26. The first-order valence-corrected chi connectivity index (χ1v) is 7.22. The lowest BCUT2D eigenvalue weighted by Gasteiger charge is -2.14. The lowest BCUT2D eigenvalue weighted by molar-refractivity contribution is -0.142. The molecule has 2 N–H and O–H groups in total. The Labute approximate surface area is 126 Å². The minimum absolute atomic E-state index is 0.202. The average molecular weight is 344 g/mol. The summed E-state index contributed by atoms with van der Waals surface area (Å²) in [6, 6.07) is 6.24. The molecule has 0 aliphatic carbocycles. The maximum atomic E-state index is 11.7. The molecule has 1 rings (SSSR count). The van der Waals surface area contributed by atoms with Crippen LogP contribution in [0.15, 0.2) is 28.7 Å². The molecule has 1 amide bonds. The van der Waals surface area contributed by atoms with Crippen LogP contribution < -0.4 is 10.1 Å². The molecule has 0 aromatic heterocycles. The van der Waals surface area contributed by atoms with Crippen LogP contribution in [0, 0.1) is 0 Å². The van der Waals surface area contributed by atoms with E-state index in [0.717, 1.165) is 17.3 Å². The summed E-state index contributed by atoms with van der Waals surface area (Å²) in [5.74, 6) is -0.905. The first kappa shape index (κ1) is 16.5. The Morgan fingerprint density at radius 3 is 2.80 bits per heavy atom. The van der Waals surface area contributed by atoms with Gasteiger partial charge in [-0.05, 0) is 24.6 Å². The molecule has 20 heavy (non-hydrogen) atoms. The third-order valence-corrected chi connectivity index (χ3v) is 3.14. The fourth-order valence-corrected chi connectivity index (χ4v) is 1.99. The number of carboxylic acids is 1. The van der Waals surface area contributed by atoms with Crippen LogP contribution in [0.25, 0.3) is 0 Å². The zero-order valence-electron chi connectivity index (χ0n) is 11.3. The topological polar surface area (TPSA) is 75.6 Å². The molecule has 1 aromatic carbocycles. The zero-order valence-corrected chi connectivity index (χ0v) is 12.9. The minimum Gasteiger partial charge on any atom is -0.484 e. The van der Waals surface area contributed by atoms with Crippen molar-refractivity contribution in [2.45, 2.75) is 32.2 Å². The van der Waals surface area contributed by atoms with Crippen molar-refractivity contribution in [3.05, 3.63) is 28.7 Å². The van der Waals surface area contributed by atoms with Gasteiger partial charge in [-0.25, -0.2) is 4.79 Å². The minimum atomic E-state index is -1.02. The summed E-state index contributed by atoms with van der Waals surface area (Å²) in [6.45, 7) is 1.77. The van der Waals surface area contributed by atoms with Crippen molar-refractivity contribution in [3.8, 4) is 5.75 Å². The van der Waals surface area contributed by atoms with Crippen LogP contribution >= 0.6 is 15.9 Å². The summed E-state index contributed by atoms with van der Waals surface area (Å²) in [5.41, 5.74) is 0. The van der Waals surface area contributed by atoms with Crippen LogP contribution in [-0.2, 0) is 9.59 Å². The maximum Gasteiger partial charge on any atom is 0.326 e. The lowest BCUT2D eigenvalue weighted by Crippen LogP contribution is -2.42. The number of rotatable bonds is 8. The maximum absolute atomic E-state index is 11.7. The van der Waals surface area contributed by atoms with Gasteiger partial charge in [0, 0.05) is 4.47 Å². The first-order chi connectivity index (χ1) is 9.52. The number of hydrogen-bond acceptors (Lipinski definition) is 3. The van der Waals surface area contributed by atoms with Gasteiger partial charge in [-0.15, -0.1) is 0 Å². The average Bonchev–Trinajstić information content (AvgIpc) is 2.41. The van der Waals surface area contributed by atoms with Gasteiger partial charge in [0.2, 0.25) is 0 Å². The van der Waals surface area contributed by atoms with Gasteiger partial charge in [0.25, 0.3) is 5.91 Å². The summed E-state index contributed by atoms with van der Waals surface area (Å²) in [4.78, 5) is 22.7. The molecule has 1 atom stereocenters. The van der Waals surface area contributed by atoms with Crippen molar-refractivity contribution in [3.63, 3.8) is 0 Å². The van der Waals surface area contributed by atoms with Crippen molar-refractivity contribution < 1.29 is 19.4 Å². The van der Waals surface area contributed by atoms with Gasteiger partial charge in [-0.1, -0.05) is 41.8 Å². The Hall–Kier alpha value is -1.56. The van der Waals surface area contributed by atoms with Gasteiger partial charge in [-0.2, -0.15) is 0 Å². The molecular formula is C14H18BrNO4. The molecular weight excluding hydrogens is 326 g/mol. The Balaban J connectivity index is 2.43. The van der Waals surface area contributed by atoms with E-state index in [9.17, 15) is 9.59 Å². The molecule has 0 unspecified atom stereocenters. The van der Waals surface area contributed by atoms with E-state index in [0.29, 0.717) is 12.2 Å². The van der Waals surface area contributed by atoms with Crippen molar-refractivity contribution in [1.29, 1.82) is 0 Å². The molecule has 0 heterocycles. The summed E-state index contributed by atoms with van der Waals surface area (Å²) in [7, 11) is 0. The third-order valence-electron chi connectivity index (χ3n) is 2.65. The van der Waals surface area contributed by atoms with E-state index in [4.69, 9.17) is 9.84 Å². The highest BCUT2D eigenvalue weighted by molar-refractivity contribution is 9.10. The predicted molar refractivity (Wildman–Crippen MR) is 78.7 cm³/mol. The van der Waals surface area contributed by atoms with E-state index >= 15 is 0 Å². The van der Waals surface area contributed by atoms with Crippen LogP contribution in [0.1, 0.15) is 26.2 Å². The van der Waals surface area contributed by atoms with Crippen LogP contribution in [-0.4, -0.2) is 29.6 Å². The van der Waals surface area contributed by atoms with Gasteiger partial charge in [0.1, 0.15) is 11.8 Å². The smallest absolute Gasteiger partial charge is 0.326 e. The standard InChI is InChI=1S/C14H18BrNO4/c1-2-3-7-12(14(18)19)16-13(17)9-20-11-6-4-5-10(15)8-11/h4-6,8,12H,2-3,7,9H2,1H3,(H,16,17)(H,18,19)/t12-/m0/s1. The van der Waals surface area contributed by atoms with E-state index in [1.807, 2.05) is 13.0 Å². The SMILES string of the molecule is CCCC[C@H](NC(=O)COc1cccc(Br)c1)C(=O)O. The van der Waals surface area contributed by atoms with Crippen LogP contribution in [0.3, 0.4) is 0 Å². The molecule has 0 fully saturated rings. The number of unbranched alkanes of at least 4 members (excludes halogenated alkanes) is 1.